The first-order valence-corrected chi connectivity index (χ1v) is 9.65. The fourth-order valence-electron chi connectivity index (χ4n) is 4.00. The molecular formula is C18H29N3O2S. The first-order valence-electron chi connectivity index (χ1n) is 8.83. The number of hydrogen-bond acceptors (Lipinski definition) is 4. The second-order valence-electron chi connectivity index (χ2n) is 7.36. The highest BCUT2D eigenvalue weighted by Gasteiger charge is 2.47. The number of rotatable bonds is 5. The molecule has 0 spiro atoms. The number of carbonyl (C=O) groups excluding carboxylic acids is 1. The minimum absolute atomic E-state index is 0.0106. The molecule has 1 aromatic rings. The number of hydrogen-bond donors (Lipinski definition) is 1. The first-order chi connectivity index (χ1) is 11.5. The lowest BCUT2D eigenvalue weighted by molar-refractivity contribution is -0.0237. The van der Waals surface area contributed by atoms with Crippen LogP contribution in [0.5, 0.6) is 0 Å². The molecule has 0 radical (unpaired) electrons. The molecule has 3 heterocycles. The summed E-state index contributed by atoms with van der Waals surface area (Å²) in [4.78, 5) is 18.7. The van der Waals surface area contributed by atoms with E-state index in [1.807, 2.05) is 11.3 Å². The van der Waals surface area contributed by atoms with Crippen LogP contribution >= 0.6 is 11.3 Å². The third kappa shape index (κ3) is 3.92. The zero-order valence-electron chi connectivity index (χ0n) is 15.0. The van der Waals surface area contributed by atoms with Gasteiger partial charge in [0.25, 0.3) is 0 Å². The Balaban J connectivity index is 1.59. The Morgan fingerprint density at radius 3 is 3.04 bits per heavy atom. The molecule has 0 saturated carbocycles. The van der Waals surface area contributed by atoms with Gasteiger partial charge in [0, 0.05) is 62.1 Å². The smallest absolute Gasteiger partial charge is 0.316 e. The minimum Gasteiger partial charge on any atom is -0.378 e. The Bertz CT molecular complexity index is 574. The third-order valence-corrected chi connectivity index (χ3v) is 6.31. The van der Waals surface area contributed by atoms with Crippen molar-refractivity contribution in [1.82, 2.24) is 15.1 Å². The molecule has 24 heavy (non-hydrogen) atoms. The Morgan fingerprint density at radius 2 is 2.33 bits per heavy atom. The molecular weight excluding hydrogens is 322 g/mol. The van der Waals surface area contributed by atoms with E-state index < -0.39 is 0 Å². The van der Waals surface area contributed by atoms with Crippen molar-refractivity contribution >= 4 is 17.4 Å². The van der Waals surface area contributed by atoms with Crippen LogP contribution in [0.3, 0.4) is 0 Å². The molecule has 0 aromatic carbocycles. The van der Waals surface area contributed by atoms with Crippen LogP contribution in [0.15, 0.2) is 12.1 Å². The number of nitrogens with zero attached hydrogens (tertiary/aromatic N) is 2. The molecule has 0 aliphatic carbocycles. The number of fused-ring (bicyclic) bond motifs is 1. The zero-order valence-corrected chi connectivity index (χ0v) is 15.8. The van der Waals surface area contributed by atoms with Crippen LogP contribution in [0.1, 0.15) is 29.0 Å². The molecule has 2 atom stereocenters. The summed E-state index contributed by atoms with van der Waals surface area (Å²) in [7, 11) is 3.56. The maximum atomic E-state index is 11.8. The quantitative estimate of drug-likeness (QED) is 0.887. The molecule has 1 N–H and O–H groups in total. The summed E-state index contributed by atoms with van der Waals surface area (Å²) in [5.74, 6) is 0. The highest BCUT2D eigenvalue weighted by atomic mass is 32.1. The summed E-state index contributed by atoms with van der Waals surface area (Å²) >= 11 is 1.90. The van der Waals surface area contributed by atoms with E-state index in [0.29, 0.717) is 6.10 Å². The van der Waals surface area contributed by atoms with Gasteiger partial charge >= 0.3 is 6.03 Å². The number of thiophene rings is 1. The molecule has 0 bridgehead atoms. The summed E-state index contributed by atoms with van der Waals surface area (Å²) in [5.41, 5.74) is 0.199. The van der Waals surface area contributed by atoms with E-state index in [1.54, 1.807) is 19.0 Å². The van der Waals surface area contributed by atoms with Gasteiger partial charge in [-0.25, -0.2) is 4.79 Å². The molecule has 5 nitrogen and oxygen atoms in total. The van der Waals surface area contributed by atoms with E-state index in [1.165, 1.54) is 9.75 Å². The largest absolute Gasteiger partial charge is 0.378 e. The molecule has 2 fully saturated rings. The number of aryl methyl sites for hydroxylation is 1. The number of piperidine rings is 1. The molecule has 134 valence electrons. The fraction of sp³-hybridized carbons (Fsp3) is 0.722. The van der Waals surface area contributed by atoms with E-state index >= 15 is 0 Å². The average Bonchev–Trinajstić information content (AvgIpc) is 3.13. The molecule has 2 saturated heterocycles. The predicted octanol–water partition coefficient (Wildman–Crippen LogP) is 2.70. The molecule has 6 heteroatoms. The summed E-state index contributed by atoms with van der Waals surface area (Å²) in [6.07, 6.45) is 3.56. The van der Waals surface area contributed by atoms with Crippen LogP contribution in [0, 0.1) is 12.3 Å². The van der Waals surface area contributed by atoms with Gasteiger partial charge in [-0.15, -0.1) is 11.3 Å². The van der Waals surface area contributed by atoms with Crippen molar-refractivity contribution < 1.29 is 9.53 Å². The highest BCUT2D eigenvalue weighted by Crippen LogP contribution is 2.43. The standard InChI is InChI=1S/C18H29N3O2S/c1-14-4-5-15(24-14)12-21-10-6-16-18(13-21,8-11-23-16)7-9-19-17(22)20(2)3/h4-5,16H,6-13H2,1-3H3,(H,19,22)/t16-,18+/m1/s1. The Kier molecular flexibility index (Phi) is 5.47. The van der Waals surface area contributed by atoms with Crippen LogP contribution in [0.2, 0.25) is 0 Å². The number of nitrogens with one attached hydrogen (secondary N) is 1. The molecule has 2 aliphatic rings. The Labute approximate surface area is 149 Å². The van der Waals surface area contributed by atoms with Gasteiger partial charge in [-0.2, -0.15) is 0 Å². The maximum Gasteiger partial charge on any atom is 0.316 e. The molecule has 2 amide bonds. The Morgan fingerprint density at radius 1 is 1.50 bits per heavy atom. The van der Waals surface area contributed by atoms with Gasteiger partial charge in [-0.1, -0.05) is 0 Å². The van der Waals surface area contributed by atoms with Crippen molar-refractivity contribution in [3.8, 4) is 0 Å². The van der Waals surface area contributed by atoms with Gasteiger partial charge in [0.1, 0.15) is 0 Å². The van der Waals surface area contributed by atoms with Crippen molar-refractivity contribution in [1.29, 1.82) is 0 Å². The second-order valence-corrected chi connectivity index (χ2v) is 8.73. The van der Waals surface area contributed by atoms with Crippen LogP contribution in [0.25, 0.3) is 0 Å². The number of carbonyl (C=O) groups is 1. The number of likely N-dealkylation sites (tertiary alicyclic amines) is 1. The van der Waals surface area contributed by atoms with Crippen molar-refractivity contribution in [2.45, 2.75) is 38.8 Å². The molecule has 1 aromatic heterocycles. The van der Waals surface area contributed by atoms with Crippen molar-refractivity contribution in [3.63, 3.8) is 0 Å². The third-order valence-electron chi connectivity index (χ3n) is 5.33. The van der Waals surface area contributed by atoms with E-state index in [4.69, 9.17) is 4.74 Å². The maximum absolute atomic E-state index is 11.8. The van der Waals surface area contributed by atoms with E-state index in [-0.39, 0.29) is 11.4 Å². The second kappa shape index (κ2) is 7.42. The lowest BCUT2D eigenvalue weighted by Gasteiger charge is -2.44. The number of amides is 2. The zero-order chi connectivity index (χ0) is 17.2. The topological polar surface area (TPSA) is 44.8 Å². The summed E-state index contributed by atoms with van der Waals surface area (Å²) in [5, 5.41) is 3.02. The van der Waals surface area contributed by atoms with Gasteiger partial charge in [-0.05, 0) is 38.3 Å². The van der Waals surface area contributed by atoms with E-state index in [2.05, 4.69) is 29.3 Å². The number of ether oxygens (including phenoxy) is 1. The lowest BCUT2D eigenvalue weighted by atomic mass is 9.74. The van der Waals surface area contributed by atoms with Gasteiger partial charge in [0.05, 0.1) is 6.10 Å². The Hall–Kier alpha value is -1.11. The summed E-state index contributed by atoms with van der Waals surface area (Å²) < 4.78 is 6.02. The molecule has 2 aliphatic heterocycles. The van der Waals surface area contributed by atoms with Crippen LogP contribution in [-0.2, 0) is 11.3 Å². The highest BCUT2D eigenvalue weighted by molar-refractivity contribution is 7.11. The van der Waals surface area contributed by atoms with Crippen LogP contribution in [0.4, 0.5) is 4.79 Å². The summed E-state index contributed by atoms with van der Waals surface area (Å²) in [6, 6.07) is 4.45. The van der Waals surface area contributed by atoms with Gasteiger partial charge in [0.15, 0.2) is 0 Å². The lowest BCUT2D eigenvalue weighted by Crippen LogP contribution is -2.50. The monoisotopic (exact) mass is 351 g/mol. The van der Waals surface area contributed by atoms with Crippen molar-refractivity contribution in [2.24, 2.45) is 5.41 Å². The van der Waals surface area contributed by atoms with Gasteiger partial charge in [0.2, 0.25) is 0 Å². The van der Waals surface area contributed by atoms with Crippen LogP contribution < -0.4 is 5.32 Å². The first kappa shape index (κ1) is 17.7. The average molecular weight is 352 g/mol. The van der Waals surface area contributed by atoms with Crippen molar-refractivity contribution in [3.05, 3.63) is 21.9 Å². The minimum atomic E-state index is -0.0106. The van der Waals surface area contributed by atoms with Crippen LogP contribution in [-0.4, -0.2) is 62.3 Å². The SMILES string of the molecule is Cc1ccc(CN2CC[C@H]3OCC[C@@]3(CCNC(=O)N(C)C)C2)s1. The van der Waals surface area contributed by atoms with E-state index in [9.17, 15) is 4.79 Å². The van der Waals surface area contributed by atoms with E-state index in [0.717, 1.165) is 52.0 Å². The predicted molar refractivity (Wildman–Crippen MR) is 97.4 cm³/mol. The van der Waals surface area contributed by atoms with Gasteiger partial charge < -0.3 is 15.0 Å². The van der Waals surface area contributed by atoms with Gasteiger partial charge in [-0.3, -0.25) is 4.90 Å². The van der Waals surface area contributed by atoms with Crippen molar-refractivity contribution in [2.75, 3.05) is 40.3 Å². The normalized spacial score (nSPS) is 27.0. The summed E-state index contributed by atoms with van der Waals surface area (Å²) in [6.45, 7) is 6.97. The molecule has 3 rings (SSSR count). The number of urea groups is 1. The molecule has 0 unspecified atom stereocenters. The fourth-order valence-corrected chi connectivity index (χ4v) is 4.94.